The van der Waals surface area contributed by atoms with Crippen LogP contribution in [0.3, 0.4) is 0 Å². The van der Waals surface area contributed by atoms with Gasteiger partial charge in [0.15, 0.2) is 5.82 Å². The van der Waals surface area contributed by atoms with Crippen molar-refractivity contribution in [2.24, 2.45) is 0 Å². The van der Waals surface area contributed by atoms with Crippen molar-refractivity contribution in [3.8, 4) is 11.4 Å². The molecule has 0 unspecified atom stereocenters. The van der Waals surface area contributed by atoms with Crippen LogP contribution in [-0.4, -0.2) is 26.0 Å². The quantitative estimate of drug-likeness (QED) is 0.413. The number of halogens is 4. The molecule has 0 saturated heterocycles. The number of carboxylic acids is 1. The highest BCUT2D eigenvalue weighted by Crippen LogP contribution is 2.32. The van der Waals surface area contributed by atoms with Crippen molar-refractivity contribution in [1.82, 2.24) is 15.0 Å². The number of hydrogen-bond donors (Lipinski definition) is 2. The molecule has 0 saturated carbocycles. The van der Waals surface area contributed by atoms with Crippen molar-refractivity contribution < 1.29 is 23.1 Å². The monoisotopic (exact) mass is 444 g/mol. The second-order valence-electron chi connectivity index (χ2n) is 6.46. The van der Waals surface area contributed by atoms with E-state index in [0.29, 0.717) is 21.6 Å². The molecule has 0 aliphatic heterocycles. The van der Waals surface area contributed by atoms with E-state index in [2.05, 4.69) is 20.3 Å². The largest absolute Gasteiger partial charge is 0.478 e. The number of rotatable bonds is 4. The number of pyridine rings is 1. The lowest BCUT2D eigenvalue weighted by molar-refractivity contribution is -0.141. The van der Waals surface area contributed by atoms with E-state index in [0.717, 1.165) is 12.3 Å². The average molecular weight is 445 g/mol. The summed E-state index contributed by atoms with van der Waals surface area (Å²) in [6.07, 6.45) is -3.53. The highest BCUT2D eigenvalue weighted by molar-refractivity contribution is 6.31. The number of benzene rings is 2. The first-order chi connectivity index (χ1) is 14.7. The predicted molar refractivity (Wildman–Crippen MR) is 109 cm³/mol. The number of fused-ring (bicyclic) bond motifs is 1. The highest BCUT2D eigenvalue weighted by Gasteiger charge is 2.32. The number of nitrogens with one attached hydrogen (secondary N) is 1. The molecule has 0 bridgehead atoms. The van der Waals surface area contributed by atoms with Crippen molar-refractivity contribution in [3.63, 3.8) is 0 Å². The van der Waals surface area contributed by atoms with E-state index in [1.807, 2.05) is 0 Å². The maximum atomic E-state index is 12.8. The summed E-state index contributed by atoms with van der Waals surface area (Å²) in [6, 6.07) is 13.2. The Bertz CT molecular complexity index is 1290. The van der Waals surface area contributed by atoms with Crippen LogP contribution in [0.2, 0.25) is 5.02 Å². The van der Waals surface area contributed by atoms with E-state index >= 15 is 0 Å². The summed E-state index contributed by atoms with van der Waals surface area (Å²) in [5.74, 6) is -0.756. The number of aromatic nitrogens is 3. The van der Waals surface area contributed by atoms with Crippen LogP contribution in [0.25, 0.3) is 22.3 Å². The van der Waals surface area contributed by atoms with Crippen molar-refractivity contribution >= 4 is 40.0 Å². The first-order valence-electron chi connectivity index (χ1n) is 8.82. The number of carboxylic acid groups (broad SMARTS) is 1. The number of carbonyl (C=O) groups is 1. The van der Waals surface area contributed by atoms with E-state index < -0.39 is 17.8 Å². The van der Waals surface area contributed by atoms with Gasteiger partial charge in [-0.15, -0.1) is 0 Å². The molecule has 0 fully saturated rings. The fourth-order valence-electron chi connectivity index (χ4n) is 2.93. The Balaban J connectivity index is 1.85. The lowest BCUT2D eigenvalue weighted by Gasteiger charge is -2.13. The number of aromatic carboxylic acids is 1. The van der Waals surface area contributed by atoms with Crippen LogP contribution in [0.1, 0.15) is 16.1 Å². The predicted octanol–water partition coefficient (Wildman–Crippen LogP) is 5.81. The molecule has 4 aromatic rings. The van der Waals surface area contributed by atoms with Crippen molar-refractivity contribution in [3.05, 3.63) is 77.1 Å². The minimum Gasteiger partial charge on any atom is -0.478 e. The van der Waals surface area contributed by atoms with E-state index in [-0.39, 0.29) is 22.8 Å². The molecule has 2 aromatic heterocycles. The van der Waals surface area contributed by atoms with Crippen molar-refractivity contribution in [2.45, 2.75) is 6.18 Å². The van der Waals surface area contributed by atoms with Gasteiger partial charge in [0.25, 0.3) is 0 Å². The molecule has 0 aliphatic rings. The molecule has 0 atom stereocenters. The van der Waals surface area contributed by atoms with Crippen LogP contribution >= 0.6 is 11.6 Å². The topological polar surface area (TPSA) is 88.0 Å². The van der Waals surface area contributed by atoms with Gasteiger partial charge in [-0.25, -0.2) is 14.8 Å². The van der Waals surface area contributed by atoms with Crippen LogP contribution in [0.4, 0.5) is 24.7 Å². The van der Waals surface area contributed by atoms with Gasteiger partial charge in [-0.3, -0.25) is 4.98 Å². The minimum absolute atomic E-state index is 0.0287. The molecule has 0 spiro atoms. The van der Waals surface area contributed by atoms with Gasteiger partial charge in [-0.1, -0.05) is 23.7 Å². The molecule has 156 valence electrons. The number of nitrogens with zero attached hydrogens (tertiary/aromatic N) is 3. The molecular formula is C21H12ClF3N4O2. The van der Waals surface area contributed by atoms with Crippen LogP contribution in [-0.2, 0) is 6.18 Å². The Morgan fingerprint density at radius 3 is 2.48 bits per heavy atom. The zero-order chi connectivity index (χ0) is 22.2. The third kappa shape index (κ3) is 4.26. The SMILES string of the molecule is O=C(O)c1ccccc1Nc1nc(-c2ccc(C(F)(F)F)nc2)nc2cc(Cl)ccc12. The maximum absolute atomic E-state index is 12.8. The summed E-state index contributed by atoms with van der Waals surface area (Å²) in [4.78, 5) is 23.8. The van der Waals surface area contributed by atoms with Crippen LogP contribution in [0.15, 0.2) is 60.8 Å². The van der Waals surface area contributed by atoms with Crippen molar-refractivity contribution in [2.75, 3.05) is 5.32 Å². The molecule has 4 rings (SSSR count). The molecule has 0 amide bonds. The van der Waals surface area contributed by atoms with Gasteiger partial charge >= 0.3 is 12.1 Å². The molecule has 31 heavy (non-hydrogen) atoms. The minimum atomic E-state index is -4.57. The molecule has 10 heteroatoms. The number of para-hydroxylation sites is 1. The molecular weight excluding hydrogens is 433 g/mol. The van der Waals surface area contributed by atoms with Gasteiger partial charge in [-0.2, -0.15) is 13.2 Å². The average Bonchev–Trinajstić information content (AvgIpc) is 2.73. The second-order valence-corrected chi connectivity index (χ2v) is 6.90. The molecule has 0 aliphatic carbocycles. The number of anilines is 2. The zero-order valence-corrected chi connectivity index (χ0v) is 16.2. The second kappa shape index (κ2) is 7.84. The third-order valence-corrected chi connectivity index (χ3v) is 4.62. The fourth-order valence-corrected chi connectivity index (χ4v) is 3.09. The molecule has 0 radical (unpaired) electrons. The van der Waals surface area contributed by atoms with Gasteiger partial charge in [0.1, 0.15) is 11.5 Å². The van der Waals surface area contributed by atoms with Gasteiger partial charge in [0.2, 0.25) is 0 Å². The van der Waals surface area contributed by atoms with E-state index in [4.69, 9.17) is 11.6 Å². The summed E-state index contributed by atoms with van der Waals surface area (Å²) in [6.45, 7) is 0. The maximum Gasteiger partial charge on any atom is 0.433 e. The number of hydrogen-bond acceptors (Lipinski definition) is 5. The van der Waals surface area contributed by atoms with E-state index in [1.165, 1.54) is 12.1 Å². The lowest BCUT2D eigenvalue weighted by Crippen LogP contribution is -2.08. The zero-order valence-electron chi connectivity index (χ0n) is 15.5. The summed E-state index contributed by atoms with van der Waals surface area (Å²) >= 11 is 6.07. The Labute approximate surface area is 178 Å². The Hall–Kier alpha value is -3.72. The van der Waals surface area contributed by atoms with Gasteiger partial charge in [0, 0.05) is 22.2 Å². The van der Waals surface area contributed by atoms with Gasteiger partial charge in [0.05, 0.1) is 16.8 Å². The van der Waals surface area contributed by atoms with Crippen LogP contribution < -0.4 is 5.32 Å². The summed E-state index contributed by atoms with van der Waals surface area (Å²) in [5.41, 5.74) is -0.0339. The Morgan fingerprint density at radius 1 is 1.03 bits per heavy atom. The number of alkyl halides is 3. The van der Waals surface area contributed by atoms with Gasteiger partial charge < -0.3 is 10.4 Å². The van der Waals surface area contributed by atoms with Crippen LogP contribution in [0, 0.1) is 0 Å². The summed E-state index contributed by atoms with van der Waals surface area (Å²) in [7, 11) is 0. The smallest absolute Gasteiger partial charge is 0.433 e. The molecule has 6 nitrogen and oxygen atoms in total. The van der Waals surface area contributed by atoms with E-state index in [9.17, 15) is 23.1 Å². The highest BCUT2D eigenvalue weighted by atomic mass is 35.5. The molecule has 2 heterocycles. The van der Waals surface area contributed by atoms with Crippen molar-refractivity contribution in [1.29, 1.82) is 0 Å². The molecule has 2 N–H and O–H groups in total. The fraction of sp³-hybridized carbons (Fsp3) is 0.0476. The first-order valence-corrected chi connectivity index (χ1v) is 9.20. The van der Waals surface area contributed by atoms with Gasteiger partial charge in [-0.05, 0) is 42.5 Å². The third-order valence-electron chi connectivity index (χ3n) is 4.38. The standard InChI is InChI=1S/C21H12ClF3N4O2/c22-12-6-7-13-16(9-12)28-18(11-5-8-17(26-10-11)21(23,24)25)29-19(13)27-15-4-2-1-3-14(15)20(30)31/h1-10H,(H,30,31)(H,27,28,29). The lowest BCUT2D eigenvalue weighted by atomic mass is 10.1. The molecule has 2 aromatic carbocycles. The summed E-state index contributed by atoms with van der Waals surface area (Å²) < 4.78 is 38.5. The Kier molecular flexibility index (Phi) is 5.20. The van der Waals surface area contributed by atoms with E-state index in [1.54, 1.807) is 36.4 Å². The first kappa shape index (κ1) is 20.5. The summed E-state index contributed by atoms with van der Waals surface area (Å²) in [5, 5.41) is 13.4. The Morgan fingerprint density at radius 2 is 1.81 bits per heavy atom. The normalized spacial score (nSPS) is 11.5. The van der Waals surface area contributed by atoms with Crippen LogP contribution in [0.5, 0.6) is 0 Å².